The molecule has 0 aromatic heterocycles. The van der Waals surface area contributed by atoms with Crippen LogP contribution in [0.2, 0.25) is 0 Å². The number of hydrogen-bond acceptors (Lipinski definition) is 3. The molecule has 0 spiro atoms. The molecule has 0 atom stereocenters. The summed E-state index contributed by atoms with van der Waals surface area (Å²) in [6.07, 6.45) is 0. The van der Waals surface area contributed by atoms with Gasteiger partial charge in [-0.2, -0.15) is 0 Å². The van der Waals surface area contributed by atoms with Gasteiger partial charge in [-0.1, -0.05) is 12.1 Å². The fourth-order valence-electron chi connectivity index (χ4n) is 1.87. The molecule has 0 radical (unpaired) electrons. The Morgan fingerprint density at radius 2 is 1.89 bits per heavy atom. The molecule has 100 valence electrons. The van der Waals surface area contributed by atoms with Gasteiger partial charge in [-0.05, 0) is 49.7 Å². The molecule has 0 saturated heterocycles. The summed E-state index contributed by atoms with van der Waals surface area (Å²) >= 11 is 0. The molecule has 19 heavy (non-hydrogen) atoms. The molecular formula is C16H19NO2. The van der Waals surface area contributed by atoms with Crippen molar-refractivity contribution in [3.8, 4) is 11.5 Å². The first-order chi connectivity index (χ1) is 9.19. The summed E-state index contributed by atoms with van der Waals surface area (Å²) in [6.45, 7) is 5.08. The minimum Gasteiger partial charge on any atom is -0.493 e. The maximum Gasteiger partial charge on any atom is 0.126 e. The minimum atomic E-state index is 0.448. The van der Waals surface area contributed by atoms with Gasteiger partial charge in [0.05, 0.1) is 6.61 Å². The lowest BCUT2D eigenvalue weighted by atomic mass is 10.2. The SMILES string of the molecule is CCOc1ccc(N)cc1COc1cccc(C)c1. The smallest absolute Gasteiger partial charge is 0.126 e. The van der Waals surface area contributed by atoms with Gasteiger partial charge < -0.3 is 15.2 Å². The van der Waals surface area contributed by atoms with Crippen LogP contribution in [0.15, 0.2) is 42.5 Å². The standard InChI is InChI=1S/C16H19NO2/c1-3-18-16-8-7-14(17)10-13(16)11-19-15-6-4-5-12(2)9-15/h4-10H,3,11,17H2,1-2H3. The van der Waals surface area contributed by atoms with Crippen molar-refractivity contribution in [2.45, 2.75) is 20.5 Å². The predicted octanol–water partition coefficient (Wildman–Crippen LogP) is 3.55. The Hall–Kier alpha value is -2.16. The van der Waals surface area contributed by atoms with Gasteiger partial charge in [0.2, 0.25) is 0 Å². The van der Waals surface area contributed by atoms with Crippen molar-refractivity contribution in [1.29, 1.82) is 0 Å². The molecule has 2 rings (SSSR count). The van der Waals surface area contributed by atoms with Crippen LogP contribution in [0.3, 0.4) is 0 Å². The normalized spacial score (nSPS) is 10.2. The van der Waals surface area contributed by atoms with Crippen molar-refractivity contribution in [2.75, 3.05) is 12.3 Å². The lowest BCUT2D eigenvalue weighted by Crippen LogP contribution is -2.02. The molecule has 0 aliphatic heterocycles. The highest BCUT2D eigenvalue weighted by Gasteiger charge is 2.05. The molecule has 2 N–H and O–H groups in total. The fourth-order valence-corrected chi connectivity index (χ4v) is 1.87. The van der Waals surface area contributed by atoms with Crippen molar-refractivity contribution in [3.05, 3.63) is 53.6 Å². The van der Waals surface area contributed by atoms with E-state index in [1.807, 2.05) is 56.3 Å². The molecule has 0 fully saturated rings. The lowest BCUT2D eigenvalue weighted by Gasteiger charge is -2.12. The highest BCUT2D eigenvalue weighted by Crippen LogP contribution is 2.23. The molecule has 3 nitrogen and oxygen atoms in total. The average Bonchev–Trinajstić information content (AvgIpc) is 2.39. The van der Waals surface area contributed by atoms with E-state index in [0.717, 1.165) is 17.1 Å². The van der Waals surface area contributed by atoms with Crippen LogP contribution in [-0.4, -0.2) is 6.61 Å². The number of ether oxygens (including phenoxy) is 2. The highest BCUT2D eigenvalue weighted by atomic mass is 16.5. The van der Waals surface area contributed by atoms with E-state index in [9.17, 15) is 0 Å². The quantitative estimate of drug-likeness (QED) is 0.833. The van der Waals surface area contributed by atoms with Gasteiger partial charge >= 0.3 is 0 Å². The van der Waals surface area contributed by atoms with E-state index in [1.54, 1.807) is 0 Å². The molecule has 0 unspecified atom stereocenters. The van der Waals surface area contributed by atoms with Gasteiger partial charge in [-0.3, -0.25) is 0 Å². The van der Waals surface area contributed by atoms with Crippen LogP contribution in [0.4, 0.5) is 5.69 Å². The molecular weight excluding hydrogens is 238 g/mol. The Morgan fingerprint density at radius 3 is 2.63 bits per heavy atom. The van der Waals surface area contributed by atoms with Crippen molar-refractivity contribution in [3.63, 3.8) is 0 Å². The van der Waals surface area contributed by atoms with Gasteiger partial charge in [-0.15, -0.1) is 0 Å². The molecule has 3 heteroatoms. The van der Waals surface area contributed by atoms with Crippen LogP contribution in [-0.2, 0) is 6.61 Å². The zero-order valence-corrected chi connectivity index (χ0v) is 11.3. The molecule has 0 saturated carbocycles. The van der Waals surface area contributed by atoms with E-state index in [4.69, 9.17) is 15.2 Å². The van der Waals surface area contributed by atoms with E-state index in [2.05, 4.69) is 0 Å². The Morgan fingerprint density at radius 1 is 1.05 bits per heavy atom. The van der Waals surface area contributed by atoms with Crippen LogP contribution >= 0.6 is 0 Å². The molecule has 2 aromatic rings. The number of benzene rings is 2. The third kappa shape index (κ3) is 3.65. The summed E-state index contributed by atoms with van der Waals surface area (Å²) in [4.78, 5) is 0. The second kappa shape index (κ2) is 6.14. The van der Waals surface area contributed by atoms with E-state index in [1.165, 1.54) is 5.56 Å². The van der Waals surface area contributed by atoms with Gasteiger partial charge in [0, 0.05) is 11.3 Å². The third-order valence-corrected chi connectivity index (χ3v) is 2.77. The molecule has 2 aromatic carbocycles. The maximum atomic E-state index is 5.81. The molecule has 0 aliphatic carbocycles. The van der Waals surface area contributed by atoms with Gasteiger partial charge in [-0.25, -0.2) is 0 Å². The second-order valence-corrected chi connectivity index (χ2v) is 4.41. The first-order valence-corrected chi connectivity index (χ1v) is 6.39. The van der Waals surface area contributed by atoms with Gasteiger partial charge in [0.25, 0.3) is 0 Å². The Bertz CT molecular complexity index is 552. The summed E-state index contributed by atoms with van der Waals surface area (Å²) in [5.41, 5.74) is 8.66. The minimum absolute atomic E-state index is 0.448. The first kappa shape index (κ1) is 13.3. The summed E-state index contributed by atoms with van der Waals surface area (Å²) in [5, 5.41) is 0. The van der Waals surface area contributed by atoms with E-state index in [-0.39, 0.29) is 0 Å². The topological polar surface area (TPSA) is 44.5 Å². The van der Waals surface area contributed by atoms with Crippen molar-refractivity contribution in [1.82, 2.24) is 0 Å². The largest absolute Gasteiger partial charge is 0.493 e. The molecule has 0 amide bonds. The van der Waals surface area contributed by atoms with Crippen LogP contribution < -0.4 is 15.2 Å². The van der Waals surface area contributed by atoms with Gasteiger partial charge in [0.1, 0.15) is 18.1 Å². The molecule has 0 aliphatic rings. The molecule has 0 bridgehead atoms. The van der Waals surface area contributed by atoms with Crippen molar-refractivity contribution >= 4 is 5.69 Å². The van der Waals surface area contributed by atoms with Crippen molar-refractivity contribution < 1.29 is 9.47 Å². The van der Waals surface area contributed by atoms with Gasteiger partial charge in [0.15, 0.2) is 0 Å². The number of aryl methyl sites for hydroxylation is 1. The summed E-state index contributed by atoms with van der Waals surface area (Å²) in [5.74, 6) is 1.68. The fraction of sp³-hybridized carbons (Fsp3) is 0.250. The van der Waals surface area contributed by atoms with Crippen LogP contribution in [0, 0.1) is 6.92 Å². The second-order valence-electron chi connectivity index (χ2n) is 4.41. The van der Waals surface area contributed by atoms with Crippen LogP contribution in [0.25, 0.3) is 0 Å². The zero-order chi connectivity index (χ0) is 13.7. The number of rotatable bonds is 5. The number of anilines is 1. The Kier molecular flexibility index (Phi) is 4.29. The number of hydrogen-bond donors (Lipinski definition) is 1. The van der Waals surface area contributed by atoms with Crippen LogP contribution in [0.1, 0.15) is 18.1 Å². The van der Waals surface area contributed by atoms with E-state index in [0.29, 0.717) is 18.9 Å². The maximum absolute atomic E-state index is 5.81. The van der Waals surface area contributed by atoms with Crippen molar-refractivity contribution in [2.24, 2.45) is 0 Å². The first-order valence-electron chi connectivity index (χ1n) is 6.39. The van der Waals surface area contributed by atoms with E-state index >= 15 is 0 Å². The third-order valence-electron chi connectivity index (χ3n) is 2.77. The Labute approximate surface area is 114 Å². The average molecular weight is 257 g/mol. The highest BCUT2D eigenvalue weighted by molar-refractivity contribution is 5.47. The number of nitrogen functional groups attached to an aromatic ring is 1. The Balaban J connectivity index is 2.12. The summed E-state index contributed by atoms with van der Waals surface area (Å²) < 4.78 is 11.3. The zero-order valence-electron chi connectivity index (χ0n) is 11.3. The number of nitrogens with two attached hydrogens (primary N) is 1. The summed E-state index contributed by atoms with van der Waals surface area (Å²) in [6, 6.07) is 13.6. The monoisotopic (exact) mass is 257 g/mol. The van der Waals surface area contributed by atoms with E-state index < -0.39 is 0 Å². The summed E-state index contributed by atoms with van der Waals surface area (Å²) in [7, 11) is 0. The lowest BCUT2D eigenvalue weighted by molar-refractivity contribution is 0.286. The van der Waals surface area contributed by atoms with Crippen LogP contribution in [0.5, 0.6) is 11.5 Å². The molecule has 0 heterocycles. The predicted molar refractivity (Wildman–Crippen MR) is 77.5 cm³/mol.